The van der Waals surface area contributed by atoms with E-state index in [0.717, 1.165) is 0 Å². The molecule has 3 amide bonds. The minimum atomic E-state index is -1.61. The van der Waals surface area contributed by atoms with Gasteiger partial charge in [0, 0.05) is 24.7 Å². The highest BCUT2D eigenvalue weighted by Gasteiger charge is 2.34. The molecule has 6 atom stereocenters. The molecule has 0 saturated carbocycles. The summed E-state index contributed by atoms with van der Waals surface area (Å²) >= 11 is 0. The number of carboxylic acids is 1. The molecule has 0 fully saturated rings. The van der Waals surface area contributed by atoms with Crippen LogP contribution >= 0.6 is 0 Å². The van der Waals surface area contributed by atoms with Gasteiger partial charge < -0.3 is 47.1 Å². The van der Waals surface area contributed by atoms with Gasteiger partial charge in [-0.2, -0.15) is 0 Å². The van der Waals surface area contributed by atoms with Crippen LogP contribution in [0.4, 0.5) is 0 Å². The third-order valence-electron chi connectivity index (χ3n) is 5.45. The molecule has 0 aliphatic carbocycles. The van der Waals surface area contributed by atoms with Crippen molar-refractivity contribution < 1.29 is 39.6 Å². The molecule has 2 rings (SSSR count). The molecule has 10 N–H and O–H groups in total. The van der Waals surface area contributed by atoms with Gasteiger partial charge >= 0.3 is 5.97 Å². The average molecular weight is 521 g/mol. The molecular formula is C23H32N6O8. The summed E-state index contributed by atoms with van der Waals surface area (Å²) in [4.78, 5) is 56.5. The first kappa shape index (κ1) is 29.2. The number of carboxylic acid groups (broad SMARTS) is 1. The predicted octanol–water partition coefficient (Wildman–Crippen LogP) is -2.47. The standard InChI is InChI=1S/C23H32N6O8/c1-11(30)18(21(34)27-17(23(36)37)7-13-3-5-15(32)6-4-13)29-22(35)19(12(2)31)28-20(33)16(24)8-14-9-25-10-26-14/h3-6,9-12,16-19,30-32H,7-8,24H2,1-2H3,(H,25,26)(H,27,34)(H,28,33)(H,29,35)(H,36,37). The smallest absolute Gasteiger partial charge is 0.326 e. The molecule has 1 aromatic carbocycles. The fourth-order valence-corrected chi connectivity index (χ4v) is 3.37. The normalized spacial score (nSPS) is 15.9. The summed E-state index contributed by atoms with van der Waals surface area (Å²) in [5, 5.41) is 45.9. The van der Waals surface area contributed by atoms with E-state index in [2.05, 4.69) is 25.9 Å². The number of aliphatic hydroxyl groups excluding tert-OH is 2. The second kappa shape index (κ2) is 13.3. The van der Waals surface area contributed by atoms with Crippen LogP contribution in [-0.4, -0.2) is 90.5 Å². The van der Waals surface area contributed by atoms with Crippen LogP contribution in [0.2, 0.25) is 0 Å². The Morgan fingerprint density at radius 1 is 0.919 bits per heavy atom. The van der Waals surface area contributed by atoms with Gasteiger partial charge in [0.15, 0.2) is 0 Å². The minimum absolute atomic E-state index is 0.0152. The topological polar surface area (TPSA) is 240 Å². The van der Waals surface area contributed by atoms with Crippen molar-refractivity contribution in [2.75, 3.05) is 0 Å². The summed E-state index contributed by atoms with van der Waals surface area (Å²) in [5.41, 5.74) is 6.94. The Hall–Kier alpha value is -4.01. The molecule has 0 spiro atoms. The first-order valence-corrected chi connectivity index (χ1v) is 11.4. The molecule has 0 radical (unpaired) electrons. The fraction of sp³-hybridized carbons (Fsp3) is 0.435. The number of H-pyrrole nitrogens is 1. The van der Waals surface area contributed by atoms with Gasteiger partial charge in [0.05, 0.1) is 24.6 Å². The van der Waals surface area contributed by atoms with Crippen molar-refractivity contribution in [2.45, 2.75) is 63.1 Å². The van der Waals surface area contributed by atoms with Crippen molar-refractivity contribution in [3.05, 3.63) is 48.0 Å². The van der Waals surface area contributed by atoms with Gasteiger partial charge in [-0.15, -0.1) is 0 Å². The number of aromatic nitrogens is 2. The molecule has 14 heteroatoms. The van der Waals surface area contributed by atoms with Gasteiger partial charge in [-0.25, -0.2) is 9.78 Å². The van der Waals surface area contributed by atoms with E-state index in [-0.39, 0.29) is 18.6 Å². The lowest BCUT2D eigenvalue weighted by Gasteiger charge is -2.27. The molecule has 202 valence electrons. The molecule has 1 heterocycles. The zero-order chi connectivity index (χ0) is 27.7. The number of aromatic hydroxyl groups is 1. The number of hydrogen-bond acceptors (Lipinski definition) is 9. The number of amides is 3. The zero-order valence-corrected chi connectivity index (χ0v) is 20.3. The third-order valence-corrected chi connectivity index (χ3v) is 5.45. The molecule has 2 aromatic rings. The lowest BCUT2D eigenvalue weighted by molar-refractivity contribution is -0.143. The summed E-state index contributed by atoms with van der Waals surface area (Å²) in [6.45, 7) is 2.44. The van der Waals surface area contributed by atoms with Crippen molar-refractivity contribution in [2.24, 2.45) is 5.73 Å². The van der Waals surface area contributed by atoms with E-state index < -0.39 is 60.1 Å². The van der Waals surface area contributed by atoms with Crippen molar-refractivity contribution >= 4 is 23.7 Å². The molecule has 14 nitrogen and oxygen atoms in total. The number of nitrogens with one attached hydrogen (secondary N) is 4. The Labute approximate surface area is 212 Å². The number of phenols is 1. The molecule has 0 aliphatic heterocycles. The Morgan fingerprint density at radius 3 is 1.95 bits per heavy atom. The minimum Gasteiger partial charge on any atom is -0.508 e. The van der Waals surface area contributed by atoms with E-state index in [9.17, 15) is 39.6 Å². The molecule has 1 aromatic heterocycles. The second-order valence-corrected chi connectivity index (χ2v) is 8.61. The number of phenolic OH excluding ortho intramolecular Hbond substituents is 1. The Balaban J connectivity index is 2.07. The molecule has 0 saturated heterocycles. The number of rotatable bonds is 13. The number of imidazole rings is 1. The van der Waals surface area contributed by atoms with Crippen molar-refractivity contribution in [1.82, 2.24) is 25.9 Å². The van der Waals surface area contributed by atoms with Crippen LogP contribution in [0.15, 0.2) is 36.8 Å². The molecular weight excluding hydrogens is 488 g/mol. The Kier molecular flexibility index (Phi) is 10.5. The van der Waals surface area contributed by atoms with E-state index in [0.29, 0.717) is 11.3 Å². The van der Waals surface area contributed by atoms with Crippen LogP contribution in [0, 0.1) is 0 Å². The molecule has 6 unspecified atom stereocenters. The van der Waals surface area contributed by atoms with Gasteiger partial charge in [-0.3, -0.25) is 14.4 Å². The number of hydrogen-bond donors (Lipinski definition) is 9. The number of nitrogens with two attached hydrogens (primary N) is 1. The first-order chi connectivity index (χ1) is 17.4. The first-order valence-electron chi connectivity index (χ1n) is 11.4. The van der Waals surface area contributed by atoms with Crippen LogP contribution in [0.25, 0.3) is 0 Å². The van der Waals surface area contributed by atoms with E-state index in [4.69, 9.17) is 5.73 Å². The largest absolute Gasteiger partial charge is 0.508 e. The van der Waals surface area contributed by atoms with E-state index in [1.54, 1.807) is 0 Å². The highest BCUT2D eigenvalue weighted by Crippen LogP contribution is 2.12. The van der Waals surface area contributed by atoms with E-state index in [1.807, 2.05) is 0 Å². The fourth-order valence-electron chi connectivity index (χ4n) is 3.37. The summed E-state index contributed by atoms with van der Waals surface area (Å²) in [6, 6.07) is 0.0640. The second-order valence-electron chi connectivity index (χ2n) is 8.61. The van der Waals surface area contributed by atoms with E-state index >= 15 is 0 Å². The summed E-state index contributed by atoms with van der Waals surface area (Å²) in [6.07, 6.45) is -0.0301. The zero-order valence-electron chi connectivity index (χ0n) is 20.3. The lowest BCUT2D eigenvalue weighted by atomic mass is 10.0. The van der Waals surface area contributed by atoms with Crippen LogP contribution in [0.1, 0.15) is 25.1 Å². The van der Waals surface area contributed by atoms with Gasteiger partial charge in [0.1, 0.15) is 23.9 Å². The number of carbonyl (C=O) groups is 4. The highest BCUT2D eigenvalue weighted by atomic mass is 16.4. The number of aromatic amines is 1. The number of benzene rings is 1. The monoisotopic (exact) mass is 520 g/mol. The van der Waals surface area contributed by atoms with Gasteiger partial charge in [-0.1, -0.05) is 12.1 Å². The van der Waals surface area contributed by atoms with Crippen molar-refractivity contribution in [3.63, 3.8) is 0 Å². The van der Waals surface area contributed by atoms with Crippen molar-refractivity contribution in [1.29, 1.82) is 0 Å². The molecule has 0 aliphatic rings. The Bertz CT molecular complexity index is 1060. The maximum atomic E-state index is 12.8. The molecule has 0 bridgehead atoms. The predicted molar refractivity (Wildman–Crippen MR) is 129 cm³/mol. The third kappa shape index (κ3) is 8.86. The highest BCUT2D eigenvalue weighted by molar-refractivity contribution is 5.94. The summed E-state index contributed by atoms with van der Waals surface area (Å²) in [5.74, 6) is -4.13. The van der Waals surface area contributed by atoms with Crippen LogP contribution in [0.3, 0.4) is 0 Å². The number of aliphatic hydroxyl groups is 2. The van der Waals surface area contributed by atoms with Gasteiger partial charge in [-0.05, 0) is 31.5 Å². The SMILES string of the molecule is CC(O)C(NC(=O)C(N)Cc1cnc[nH]1)C(=O)NC(C(=O)NC(Cc1ccc(O)cc1)C(=O)O)C(C)O. The van der Waals surface area contributed by atoms with Crippen LogP contribution in [0.5, 0.6) is 5.75 Å². The quantitative estimate of drug-likeness (QED) is 0.135. The van der Waals surface area contributed by atoms with E-state index in [1.165, 1.54) is 50.6 Å². The Morgan fingerprint density at radius 2 is 1.46 bits per heavy atom. The maximum Gasteiger partial charge on any atom is 0.326 e. The number of aliphatic carboxylic acids is 1. The lowest BCUT2D eigenvalue weighted by Crippen LogP contribution is -2.62. The summed E-state index contributed by atoms with van der Waals surface area (Å²) in [7, 11) is 0. The molecule has 37 heavy (non-hydrogen) atoms. The average Bonchev–Trinajstić information content (AvgIpc) is 3.33. The maximum absolute atomic E-state index is 12.8. The number of nitrogens with zero attached hydrogens (tertiary/aromatic N) is 1. The van der Waals surface area contributed by atoms with Crippen LogP contribution in [-0.2, 0) is 32.0 Å². The van der Waals surface area contributed by atoms with Gasteiger partial charge in [0.25, 0.3) is 0 Å². The summed E-state index contributed by atoms with van der Waals surface area (Å²) < 4.78 is 0. The van der Waals surface area contributed by atoms with Crippen molar-refractivity contribution in [3.8, 4) is 5.75 Å². The van der Waals surface area contributed by atoms with Crippen LogP contribution < -0.4 is 21.7 Å². The number of carbonyl (C=O) groups excluding carboxylic acids is 3. The van der Waals surface area contributed by atoms with Gasteiger partial charge in [0.2, 0.25) is 17.7 Å².